The number of aliphatic carboxylic acids is 1. The average molecular weight is 194 g/mol. The molecule has 0 unspecified atom stereocenters. The van der Waals surface area contributed by atoms with Crippen molar-refractivity contribution in [1.82, 2.24) is 0 Å². The number of fused-ring (bicyclic) bond motifs is 2. The van der Waals surface area contributed by atoms with E-state index in [1.54, 1.807) is 0 Å². The minimum Gasteiger partial charge on any atom is -0.481 e. The molecule has 0 heterocycles. The van der Waals surface area contributed by atoms with E-state index in [-0.39, 0.29) is 11.8 Å². The molecule has 2 heteroatoms. The van der Waals surface area contributed by atoms with Gasteiger partial charge in [-0.05, 0) is 36.5 Å². The van der Waals surface area contributed by atoms with E-state index in [1.807, 2.05) is 6.08 Å². The van der Waals surface area contributed by atoms with Crippen LogP contribution >= 0.6 is 0 Å². The SMILES string of the molecule is CC1(C)/C(=C\CC(=O)O)[C@@H]2CC[C@@H]1C2. The highest BCUT2D eigenvalue weighted by atomic mass is 16.4. The molecule has 2 bridgehead atoms. The summed E-state index contributed by atoms with van der Waals surface area (Å²) in [7, 11) is 0. The summed E-state index contributed by atoms with van der Waals surface area (Å²) in [6.45, 7) is 4.54. The lowest BCUT2D eigenvalue weighted by Crippen LogP contribution is -2.22. The number of hydrogen-bond donors (Lipinski definition) is 1. The van der Waals surface area contributed by atoms with Crippen LogP contribution in [0.1, 0.15) is 39.5 Å². The minimum absolute atomic E-state index is 0.196. The molecule has 1 N–H and O–H groups in total. The first-order valence-electron chi connectivity index (χ1n) is 5.44. The van der Waals surface area contributed by atoms with Gasteiger partial charge in [0, 0.05) is 0 Å². The Morgan fingerprint density at radius 1 is 1.57 bits per heavy atom. The van der Waals surface area contributed by atoms with Crippen LogP contribution in [0.25, 0.3) is 0 Å². The Hall–Kier alpha value is -0.790. The Morgan fingerprint density at radius 3 is 2.79 bits per heavy atom. The van der Waals surface area contributed by atoms with Crippen molar-refractivity contribution in [3.63, 3.8) is 0 Å². The molecule has 2 aliphatic rings. The second kappa shape index (κ2) is 3.11. The van der Waals surface area contributed by atoms with Crippen molar-refractivity contribution in [3.8, 4) is 0 Å². The Labute approximate surface area is 85.0 Å². The van der Waals surface area contributed by atoms with E-state index >= 15 is 0 Å². The number of carbonyl (C=O) groups is 1. The van der Waals surface area contributed by atoms with E-state index in [4.69, 9.17) is 5.11 Å². The summed E-state index contributed by atoms with van der Waals surface area (Å²) in [6.07, 6.45) is 6.06. The summed E-state index contributed by atoms with van der Waals surface area (Å²) >= 11 is 0. The van der Waals surface area contributed by atoms with E-state index in [0.717, 1.165) is 5.92 Å². The van der Waals surface area contributed by atoms with E-state index < -0.39 is 5.97 Å². The van der Waals surface area contributed by atoms with Crippen molar-refractivity contribution in [3.05, 3.63) is 11.6 Å². The first kappa shape index (κ1) is 9.75. The van der Waals surface area contributed by atoms with Crippen LogP contribution in [0.15, 0.2) is 11.6 Å². The summed E-state index contributed by atoms with van der Waals surface area (Å²) in [6, 6.07) is 0. The van der Waals surface area contributed by atoms with Gasteiger partial charge in [0.05, 0.1) is 6.42 Å². The Kier molecular flexibility index (Phi) is 2.17. The summed E-state index contributed by atoms with van der Waals surface area (Å²) < 4.78 is 0. The second-order valence-corrected chi connectivity index (χ2v) is 5.19. The van der Waals surface area contributed by atoms with Gasteiger partial charge in [-0.25, -0.2) is 0 Å². The van der Waals surface area contributed by atoms with E-state index in [1.165, 1.54) is 24.8 Å². The van der Waals surface area contributed by atoms with E-state index in [2.05, 4.69) is 13.8 Å². The largest absolute Gasteiger partial charge is 0.481 e. The summed E-state index contributed by atoms with van der Waals surface area (Å²) in [4.78, 5) is 10.5. The number of hydrogen-bond acceptors (Lipinski definition) is 1. The van der Waals surface area contributed by atoms with Crippen LogP contribution in [-0.2, 0) is 4.79 Å². The zero-order chi connectivity index (χ0) is 10.3. The van der Waals surface area contributed by atoms with Gasteiger partial charge >= 0.3 is 5.97 Å². The quantitative estimate of drug-likeness (QED) is 0.686. The monoisotopic (exact) mass is 194 g/mol. The molecule has 14 heavy (non-hydrogen) atoms. The van der Waals surface area contributed by atoms with Crippen LogP contribution in [-0.4, -0.2) is 11.1 Å². The highest BCUT2D eigenvalue weighted by Crippen LogP contribution is 2.58. The number of carboxylic acid groups (broad SMARTS) is 1. The van der Waals surface area contributed by atoms with Crippen LogP contribution in [0.5, 0.6) is 0 Å². The van der Waals surface area contributed by atoms with Crippen LogP contribution in [0.4, 0.5) is 0 Å². The maximum atomic E-state index is 10.5. The van der Waals surface area contributed by atoms with Crippen molar-refractivity contribution in [2.75, 3.05) is 0 Å². The molecule has 0 aliphatic heterocycles. The molecule has 0 aromatic carbocycles. The normalized spacial score (nSPS) is 36.6. The van der Waals surface area contributed by atoms with Crippen molar-refractivity contribution in [1.29, 1.82) is 0 Å². The molecule has 2 aliphatic carbocycles. The molecule has 2 fully saturated rings. The molecule has 0 saturated heterocycles. The molecular formula is C12H18O2. The minimum atomic E-state index is -0.712. The molecule has 0 spiro atoms. The number of carboxylic acids is 1. The fourth-order valence-corrected chi connectivity index (χ4v) is 3.31. The topological polar surface area (TPSA) is 37.3 Å². The predicted molar refractivity (Wildman–Crippen MR) is 54.9 cm³/mol. The maximum absolute atomic E-state index is 10.5. The maximum Gasteiger partial charge on any atom is 0.307 e. The zero-order valence-electron chi connectivity index (χ0n) is 8.92. The average Bonchev–Trinajstić information content (AvgIpc) is 2.59. The van der Waals surface area contributed by atoms with Crippen molar-refractivity contribution >= 4 is 5.97 Å². The van der Waals surface area contributed by atoms with Gasteiger partial charge in [0.2, 0.25) is 0 Å². The Balaban J connectivity index is 2.19. The highest BCUT2D eigenvalue weighted by Gasteiger charge is 2.48. The summed E-state index contributed by atoms with van der Waals surface area (Å²) in [5.41, 5.74) is 1.68. The van der Waals surface area contributed by atoms with Crippen LogP contribution in [0.2, 0.25) is 0 Å². The van der Waals surface area contributed by atoms with Gasteiger partial charge in [0.25, 0.3) is 0 Å². The van der Waals surface area contributed by atoms with Crippen LogP contribution < -0.4 is 0 Å². The smallest absolute Gasteiger partial charge is 0.307 e. The van der Waals surface area contributed by atoms with Gasteiger partial charge in [-0.15, -0.1) is 0 Å². The highest BCUT2D eigenvalue weighted by molar-refractivity contribution is 5.68. The van der Waals surface area contributed by atoms with E-state index in [9.17, 15) is 4.79 Å². The lowest BCUT2D eigenvalue weighted by Gasteiger charge is -2.32. The van der Waals surface area contributed by atoms with Gasteiger partial charge < -0.3 is 5.11 Å². The summed E-state index contributed by atoms with van der Waals surface area (Å²) in [5.74, 6) is 0.776. The standard InChI is InChI=1S/C12H18O2/c1-12(2)9-4-3-8(7-9)10(12)5-6-11(13)14/h5,8-9H,3-4,6-7H2,1-2H3,(H,13,14)/b10-5-/t8-,9-/m1/s1. The predicted octanol–water partition coefficient (Wildman–Crippen LogP) is 2.84. The first-order valence-corrected chi connectivity index (χ1v) is 5.44. The molecule has 2 saturated carbocycles. The van der Waals surface area contributed by atoms with Crippen molar-refractivity contribution in [2.45, 2.75) is 39.5 Å². The molecule has 78 valence electrons. The van der Waals surface area contributed by atoms with Crippen LogP contribution in [0, 0.1) is 17.3 Å². The van der Waals surface area contributed by atoms with Crippen LogP contribution in [0.3, 0.4) is 0 Å². The molecule has 0 radical (unpaired) electrons. The Morgan fingerprint density at radius 2 is 2.29 bits per heavy atom. The van der Waals surface area contributed by atoms with Gasteiger partial charge in [0.15, 0.2) is 0 Å². The Bertz CT molecular complexity index is 289. The third-order valence-corrected chi connectivity index (χ3v) is 4.13. The lowest BCUT2D eigenvalue weighted by atomic mass is 9.72. The molecule has 0 aromatic rings. The third kappa shape index (κ3) is 1.37. The van der Waals surface area contributed by atoms with Crippen molar-refractivity contribution in [2.24, 2.45) is 17.3 Å². The third-order valence-electron chi connectivity index (χ3n) is 4.13. The van der Waals surface area contributed by atoms with Gasteiger partial charge in [0.1, 0.15) is 0 Å². The van der Waals surface area contributed by atoms with Gasteiger partial charge in [-0.1, -0.05) is 25.5 Å². The summed E-state index contributed by atoms with van der Waals surface area (Å²) in [5, 5.41) is 8.67. The molecule has 0 aromatic heterocycles. The number of rotatable bonds is 2. The first-order chi connectivity index (χ1) is 6.51. The fraction of sp³-hybridized carbons (Fsp3) is 0.750. The van der Waals surface area contributed by atoms with Gasteiger partial charge in [-0.3, -0.25) is 4.79 Å². The number of allylic oxidation sites excluding steroid dienone is 1. The van der Waals surface area contributed by atoms with Crippen molar-refractivity contribution < 1.29 is 9.90 Å². The molecule has 2 nitrogen and oxygen atoms in total. The molecule has 2 rings (SSSR count). The zero-order valence-corrected chi connectivity index (χ0v) is 8.92. The molecular weight excluding hydrogens is 176 g/mol. The molecule has 0 amide bonds. The van der Waals surface area contributed by atoms with Gasteiger partial charge in [-0.2, -0.15) is 0 Å². The molecule has 2 atom stereocenters. The fourth-order valence-electron chi connectivity index (χ4n) is 3.31. The lowest BCUT2D eigenvalue weighted by molar-refractivity contribution is -0.136. The second-order valence-electron chi connectivity index (χ2n) is 5.19. The van der Waals surface area contributed by atoms with E-state index in [0.29, 0.717) is 5.92 Å².